The topological polar surface area (TPSA) is 52.0 Å². The zero-order valence-electron chi connectivity index (χ0n) is 10.2. The van der Waals surface area contributed by atoms with Gasteiger partial charge in [0.05, 0.1) is 18.2 Å². The molecule has 1 aliphatic heterocycles. The van der Waals surface area contributed by atoms with Crippen LogP contribution in [0.4, 0.5) is 0 Å². The fraction of sp³-hybridized carbons (Fsp3) is 0.385. The minimum atomic E-state index is 0.496. The molecule has 0 aromatic carbocycles. The highest BCUT2D eigenvalue weighted by Crippen LogP contribution is 2.14. The van der Waals surface area contributed by atoms with Crippen LogP contribution in [0.15, 0.2) is 30.9 Å². The van der Waals surface area contributed by atoms with Gasteiger partial charge in [0.25, 0.3) is 0 Å². The van der Waals surface area contributed by atoms with E-state index in [1.807, 2.05) is 18.5 Å². The van der Waals surface area contributed by atoms with E-state index in [-0.39, 0.29) is 0 Å². The normalized spacial score (nSPS) is 14.9. The van der Waals surface area contributed by atoms with E-state index in [2.05, 4.69) is 19.9 Å². The van der Waals surface area contributed by atoms with Gasteiger partial charge in [0.1, 0.15) is 18.1 Å². The zero-order valence-corrected chi connectivity index (χ0v) is 10.2. The first-order chi connectivity index (χ1) is 8.93. The lowest BCUT2D eigenvalue weighted by molar-refractivity contribution is 0.299. The molecule has 2 aromatic heterocycles. The second-order valence-corrected chi connectivity index (χ2v) is 4.34. The van der Waals surface area contributed by atoms with E-state index in [0.717, 1.165) is 37.5 Å². The number of hydrogen-bond acceptors (Lipinski definition) is 4. The van der Waals surface area contributed by atoms with Crippen molar-refractivity contribution in [3.63, 3.8) is 0 Å². The molecule has 3 heterocycles. The summed E-state index contributed by atoms with van der Waals surface area (Å²) >= 11 is 0. The summed E-state index contributed by atoms with van der Waals surface area (Å²) in [5.41, 5.74) is 2.24. The second-order valence-electron chi connectivity index (χ2n) is 4.34. The van der Waals surface area contributed by atoms with Crippen LogP contribution in [0.25, 0.3) is 0 Å². The fourth-order valence-electron chi connectivity index (χ4n) is 2.13. The third-order valence-electron chi connectivity index (χ3n) is 3.09. The van der Waals surface area contributed by atoms with Gasteiger partial charge in [-0.05, 0) is 25.1 Å². The Morgan fingerprint density at radius 3 is 3.33 bits per heavy atom. The first kappa shape index (κ1) is 11.2. The van der Waals surface area contributed by atoms with Gasteiger partial charge in [0.15, 0.2) is 0 Å². The van der Waals surface area contributed by atoms with Crippen molar-refractivity contribution in [3.05, 3.63) is 42.2 Å². The van der Waals surface area contributed by atoms with Crippen molar-refractivity contribution in [2.45, 2.75) is 26.1 Å². The van der Waals surface area contributed by atoms with Crippen molar-refractivity contribution in [1.82, 2.24) is 19.9 Å². The molecule has 0 saturated carbocycles. The number of aryl methyl sites for hydroxylation is 1. The summed E-state index contributed by atoms with van der Waals surface area (Å²) in [6.07, 6.45) is 6.50. The molecule has 0 radical (unpaired) electrons. The Morgan fingerprint density at radius 1 is 1.44 bits per heavy atom. The smallest absolute Gasteiger partial charge is 0.138 e. The van der Waals surface area contributed by atoms with E-state index >= 15 is 0 Å². The molecule has 0 bridgehead atoms. The van der Waals surface area contributed by atoms with Crippen LogP contribution in [0, 0.1) is 0 Å². The molecule has 5 nitrogen and oxygen atoms in total. The zero-order chi connectivity index (χ0) is 12.2. The summed E-state index contributed by atoms with van der Waals surface area (Å²) in [6, 6.07) is 3.77. The lowest BCUT2D eigenvalue weighted by atomic mass is 10.3. The predicted molar refractivity (Wildman–Crippen MR) is 67.1 cm³/mol. The number of nitrogens with zero attached hydrogens (tertiary/aromatic N) is 3. The number of fused-ring (bicyclic) bond motifs is 1. The minimum absolute atomic E-state index is 0.496. The fourth-order valence-corrected chi connectivity index (χ4v) is 2.13. The van der Waals surface area contributed by atoms with Gasteiger partial charge in [-0.3, -0.25) is 4.98 Å². The molecule has 94 valence electrons. The molecule has 0 unspecified atom stereocenters. The quantitative estimate of drug-likeness (QED) is 0.885. The van der Waals surface area contributed by atoms with Crippen molar-refractivity contribution in [2.24, 2.45) is 0 Å². The summed E-state index contributed by atoms with van der Waals surface area (Å²) in [5, 5.41) is 3.40. The van der Waals surface area contributed by atoms with Crippen molar-refractivity contribution >= 4 is 0 Å². The van der Waals surface area contributed by atoms with Gasteiger partial charge in [-0.1, -0.05) is 0 Å². The molecule has 2 aromatic rings. The molecule has 5 heteroatoms. The number of nitrogens with one attached hydrogen (secondary N) is 1. The van der Waals surface area contributed by atoms with Crippen LogP contribution in [0.1, 0.15) is 17.8 Å². The number of pyridine rings is 1. The van der Waals surface area contributed by atoms with Crippen LogP contribution in [0.2, 0.25) is 0 Å². The highest BCUT2D eigenvalue weighted by atomic mass is 16.5. The molecule has 18 heavy (non-hydrogen) atoms. The van der Waals surface area contributed by atoms with Crippen LogP contribution in [-0.2, 0) is 19.7 Å². The number of imidazole rings is 1. The molecule has 0 aliphatic carbocycles. The molecular formula is C13H16N4O. The maximum atomic E-state index is 5.69. The highest BCUT2D eigenvalue weighted by molar-refractivity contribution is 5.18. The Kier molecular flexibility index (Phi) is 3.23. The molecule has 0 amide bonds. The molecule has 1 N–H and O–H groups in total. The van der Waals surface area contributed by atoms with Crippen LogP contribution >= 0.6 is 0 Å². The molecule has 0 saturated heterocycles. The Morgan fingerprint density at radius 2 is 2.44 bits per heavy atom. The Hall–Kier alpha value is -1.88. The van der Waals surface area contributed by atoms with Crippen LogP contribution in [0.3, 0.4) is 0 Å². The Balaban J connectivity index is 1.72. The molecule has 3 rings (SSSR count). The molecule has 0 spiro atoms. The van der Waals surface area contributed by atoms with Crippen LogP contribution < -0.4 is 10.1 Å². The van der Waals surface area contributed by atoms with Gasteiger partial charge < -0.3 is 14.6 Å². The number of hydrogen-bond donors (Lipinski definition) is 1. The van der Waals surface area contributed by atoms with E-state index in [1.54, 1.807) is 12.4 Å². The van der Waals surface area contributed by atoms with Crippen molar-refractivity contribution in [2.75, 3.05) is 6.54 Å². The van der Waals surface area contributed by atoms with E-state index in [1.165, 1.54) is 5.69 Å². The monoisotopic (exact) mass is 244 g/mol. The van der Waals surface area contributed by atoms with E-state index < -0.39 is 0 Å². The first-order valence-electron chi connectivity index (χ1n) is 6.20. The maximum Gasteiger partial charge on any atom is 0.138 e. The van der Waals surface area contributed by atoms with E-state index in [0.29, 0.717) is 6.61 Å². The summed E-state index contributed by atoms with van der Waals surface area (Å²) in [6.45, 7) is 3.45. The largest absolute Gasteiger partial charge is 0.486 e. The first-order valence-corrected chi connectivity index (χ1v) is 6.20. The number of ether oxygens (including phenoxy) is 1. The summed E-state index contributed by atoms with van der Waals surface area (Å²) in [5.74, 6) is 0.779. The lowest BCUT2D eigenvalue weighted by Gasteiger charge is -2.07. The Labute approximate surface area is 106 Å². The summed E-state index contributed by atoms with van der Waals surface area (Å²) in [7, 11) is 0. The molecular weight excluding hydrogens is 228 g/mol. The number of aromatic nitrogens is 3. The number of rotatable bonds is 3. The highest BCUT2D eigenvalue weighted by Gasteiger charge is 2.13. The van der Waals surface area contributed by atoms with Crippen LogP contribution in [-0.4, -0.2) is 21.1 Å². The Bertz CT molecular complexity index is 509. The second kappa shape index (κ2) is 5.18. The average molecular weight is 244 g/mol. The van der Waals surface area contributed by atoms with Crippen molar-refractivity contribution in [3.8, 4) is 5.75 Å². The maximum absolute atomic E-state index is 5.69. The summed E-state index contributed by atoms with van der Waals surface area (Å²) in [4.78, 5) is 8.46. The standard InChI is InChI=1S/C13H16N4O/c1-3-11(7-14-4-1)18-9-12-13-8-15-5-2-6-17(13)10-16-12/h1,3-4,7,10,15H,2,5-6,8-9H2. The van der Waals surface area contributed by atoms with Crippen LogP contribution in [0.5, 0.6) is 5.75 Å². The van der Waals surface area contributed by atoms with Gasteiger partial charge in [0, 0.05) is 19.3 Å². The van der Waals surface area contributed by atoms with E-state index in [4.69, 9.17) is 4.74 Å². The molecule has 1 aliphatic rings. The van der Waals surface area contributed by atoms with Crippen molar-refractivity contribution < 1.29 is 4.74 Å². The minimum Gasteiger partial charge on any atom is -0.486 e. The lowest BCUT2D eigenvalue weighted by Crippen LogP contribution is -2.14. The van der Waals surface area contributed by atoms with Gasteiger partial charge in [0.2, 0.25) is 0 Å². The molecule has 0 atom stereocenters. The average Bonchev–Trinajstić information content (AvgIpc) is 2.65. The van der Waals surface area contributed by atoms with Gasteiger partial charge >= 0.3 is 0 Å². The van der Waals surface area contributed by atoms with Gasteiger partial charge in [-0.25, -0.2) is 4.98 Å². The van der Waals surface area contributed by atoms with Gasteiger partial charge in [-0.2, -0.15) is 0 Å². The third kappa shape index (κ3) is 2.36. The van der Waals surface area contributed by atoms with E-state index in [9.17, 15) is 0 Å². The van der Waals surface area contributed by atoms with Gasteiger partial charge in [-0.15, -0.1) is 0 Å². The van der Waals surface area contributed by atoms with Crippen molar-refractivity contribution in [1.29, 1.82) is 0 Å². The third-order valence-corrected chi connectivity index (χ3v) is 3.09. The SMILES string of the molecule is c1cncc(OCc2ncn3c2CNCCC3)c1. The summed E-state index contributed by atoms with van der Waals surface area (Å²) < 4.78 is 7.90. The predicted octanol–water partition coefficient (Wildman–Crippen LogP) is 1.35. The molecule has 0 fully saturated rings.